The van der Waals surface area contributed by atoms with Gasteiger partial charge in [0, 0.05) is 0 Å². The highest BCUT2D eigenvalue weighted by molar-refractivity contribution is 14.1. The van der Waals surface area contributed by atoms with Gasteiger partial charge in [0.05, 0.1) is 3.57 Å². The van der Waals surface area contributed by atoms with Crippen molar-refractivity contribution in [3.05, 3.63) is 9.64 Å². The minimum Gasteiger partial charge on any atom is -0.502 e. The molecule has 3 N–H and O–H groups in total. The van der Waals surface area contributed by atoms with Gasteiger partial charge in [-0.05, 0) is 28.7 Å². The van der Waals surface area contributed by atoms with Gasteiger partial charge in [-0.3, -0.25) is 0 Å². The SMILES string of the molecule is NS(=O)(=O)c1cc(I)c(O)c(OC(F)(F)F)n1. The van der Waals surface area contributed by atoms with Crippen molar-refractivity contribution in [2.24, 2.45) is 5.14 Å². The third kappa shape index (κ3) is 3.85. The van der Waals surface area contributed by atoms with Crippen LogP contribution in [0.25, 0.3) is 0 Å². The van der Waals surface area contributed by atoms with Gasteiger partial charge in [-0.15, -0.1) is 13.2 Å². The van der Waals surface area contributed by atoms with E-state index in [4.69, 9.17) is 5.14 Å². The van der Waals surface area contributed by atoms with Gasteiger partial charge in [-0.2, -0.15) is 4.98 Å². The summed E-state index contributed by atoms with van der Waals surface area (Å²) in [4.78, 5) is 2.98. The largest absolute Gasteiger partial charge is 0.574 e. The van der Waals surface area contributed by atoms with Crippen molar-refractivity contribution in [2.75, 3.05) is 0 Å². The number of aromatic nitrogens is 1. The normalized spacial score (nSPS) is 12.5. The molecular weight excluding hydrogens is 380 g/mol. The van der Waals surface area contributed by atoms with Crippen molar-refractivity contribution in [2.45, 2.75) is 11.4 Å². The molecule has 0 spiro atoms. The number of nitrogens with two attached hydrogens (primary N) is 1. The molecule has 0 unspecified atom stereocenters. The van der Waals surface area contributed by atoms with E-state index in [1.165, 1.54) is 22.6 Å². The predicted octanol–water partition coefficient (Wildman–Crippen LogP) is 0.938. The molecule has 6 nitrogen and oxygen atoms in total. The molecule has 96 valence electrons. The standard InChI is InChI=1S/C6H4F3IN2O4S/c7-6(8,9)16-5-4(13)2(10)1-3(12-5)17(11,14)15/h1,13H,(H2,11,14,15). The number of hydrogen-bond acceptors (Lipinski definition) is 5. The summed E-state index contributed by atoms with van der Waals surface area (Å²) >= 11 is 1.41. The van der Waals surface area contributed by atoms with Crippen LogP contribution in [0.4, 0.5) is 13.2 Å². The van der Waals surface area contributed by atoms with Crippen molar-refractivity contribution in [1.29, 1.82) is 0 Å². The Kier molecular flexibility index (Phi) is 3.73. The maximum atomic E-state index is 11.9. The third-order valence-corrected chi connectivity index (χ3v) is 3.01. The van der Waals surface area contributed by atoms with Crippen LogP contribution < -0.4 is 9.88 Å². The molecule has 0 fully saturated rings. The summed E-state index contributed by atoms with van der Waals surface area (Å²) < 4.78 is 60.8. The lowest BCUT2D eigenvalue weighted by Crippen LogP contribution is -2.20. The molecule has 17 heavy (non-hydrogen) atoms. The molecule has 1 heterocycles. The first kappa shape index (κ1) is 14.2. The Morgan fingerprint density at radius 3 is 2.41 bits per heavy atom. The van der Waals surface area contributed by atoms with Crippen LogP contribution in [-0.2, 0) is 10.0 Å². The zero-order valence-electron chi connectivity index (χ0n) is 7.69. The Balaban J connectivity index is 3.36. The quantitative estimate of drug-likeness (QED) is 0.739. The molecule has 0 bridgehead atoms. The van der Waals surface area contributed by atoms with Crippen LogP contribution in [0.15, 0.2) is 11.1 Å². The number of aromatic hydroxyl groups is 1. The topological polar surface area (TPSA) is 103 Å². The fourth-order valence-corrected chi connectivity index (χ4v) is 2.02. The van der Waals surface area contributed by atoms with Crippen LogP contribution in [0.1, 0.15) is 0 Å². The van der Waals surface area contributed by atoms with Gasteiger partial charge in [0.15, 0.2) is 10.8 Å². The van der Waals surface area contributed by atoms with E-state index in [2.05, 4.69) is 9.72 Å². The number of halogens is 4. The fraction of sp³-hybridized carbons (Fsp3) is 0.167. The molecule has 11 heteroatoms. The minimum atomic E-state index is -5.11. The van der Waals surface area contributed by atoms with E-state index >= 15 is 0 Å². The Labute approximate surface area is 107 Å². The smallest absolute Gasteiger partial charge is 0.502 e. The van der Waals surface area contributed by atoms with Crippen LogP contribution in [0.3, 0.4) is 0 Å². The molecule has 1 rings (SSSR count). The first-order chi connectivity index (χ1) is 7.50. The van der Waals surface area contributed by atoms with Gasteiger partial charge in [0.25, 0.3) is 15.9 Å². The zero-order chi connectivity index (χ0) is 13.4. The number of sulfonamides is 1. The van der Waals surface area contributed by atoms with Gasteiger partial charge in [-0.1, -0.05) is 0 Å². The van der Waals surface area contributed by atoms with E-state index in [0.29, 0.717) is 0 Å². The summed E-state index contributed by atoms with van der Waals surface area (Å²) in [6.07, 6.45) is -5.11. The maximum Gasteiger partial charge on any atom is 0.574 e. The Bertz CT molecular complexity index is 545. The van der Waals surface area contributed by atoms with E-state index in [9.17, 15) is 26.7 Å². The number of nitrogens with zero attached hydrogens (tertiary/aromatic N) is 1. The Morgan fingerprint density at radius 2 is 2.00 bits per heavy atom. The number of hydrogen-bond donors (Lipinski definition) is 2. The lowest BCUT2D eigenvalue weighted by Gasteiger charge is -2.11. The summed E-state index contributed by atoms with van der Waals surface area (Å²) in [5.41, 5.74) is 0. The Morgan fingerprint density at radius 1 is 1.47 bits per heavy atom. The minimum absolute atomic E-state index is 0.194. The van der Waals surface area contributed by atoms with Gasteiger partial charge < -0.3 is 9.84 Å². The summed E-state index contributed by atoms with van der Waals surface area (Å²) in [6.45, 7) is 0. The highest BCUT2D eigenvalue weighted by atomic mass is 127. The first-order valence-corrected chi connectivity index (χ1v) is 6.31. The van der Waals surface area contributed by atoms with E-state index in [1.54, 1.807) is 0 Å². The molecule has 0 amide bonds. The first-order valence-electron chi connectivity index (χ1n) is 3.69. The molecule has 0 aliphatic carbocycles. The number of pyridine rings is 1. The second-order valence-electron chi connectivity index (χ2n) is 2.69. The second-order valence-corrected chi connectivity index (χ2v) is 5.36. The molecule has 0 aliphatic rings. The summed E-state index contributed by atoms with van der Waals surface area (Å²) in [6, 6.07) is 0.814. The summed E-state index contributed by atoms with van der Waals surface area (Å²) in [5, 5.41) is 13.1. The highest BCUT2D eigenvalue weighted by Crippen LogP contribution is 2.34. The monoisotopic (exact) mass is 384 g/mol. The maximum absolute atomic E-state index is 11.9. The molecular formula is C6H4F3IN2O4S. The average Bonchev–Trinajstić information content (AvgIpc) is 2.08. The molecule has 0 aromatic carbocycles. The van der Waals surface area contributed by atoms with Crippen molar-refractivity contribution < 1.29 is 31.4 Å². The lowest BCUT2D eigenvalue weighted by atomic mass is 10.4. The van der Waals surface area contributed by atoms with Crippen LogP contribution in [0.5, 0.6) is 11.6 Å². The molecule has 0 radical (unpaired) electrons. The summed E-state index contributed by atoms with van der Waals surface area (Å²) in [7, 11) is -4.29. The van der Waals surface area contributed by atoms with Crippen molar-refractivity contribution in [3.8, 4) is 11.6 Å². The molecule has 1 aromatic heterocycles. The molecule has 1 aromatic rings. The van der Waals surface area contributed by atoms with Crippen molar-refractivity contribution >= 4 is 32.6 Å². The van der Waals surface area contributed by atoms with E-state index < -0.39 is 33.0 Å². The zero-order valence-corrected chi connectivity index (χ0v) is 10.7. The molecule has 0 saturated carbocycles. The number of alkyl halides is 3. The van der Waals surface area contributed by atoms with E-state index in [0.717, 1.165) is 6.07 Å². The molecule has 0 saturated heterocycles. The van der Waals surface area contributed by atoms with Gasteiger partial charge in [0.1, 0.15) is 0 Å². The van der Waals surface area contributed by atoms with E-state index in [-0.39, 0.29) is 3.57 Å². The van der Waals surface area contributed by atoms with Crippen molar-refractivity contribution in [1.82, 2.24) is 4.98 Å². The number of rotatable bonds is 2. The van der Waals surface area contributed by atoms with Gasteiger partial charge in [-0.25, -0.2) is 13.6 Å². The molecule has 0 aliphatic heterocycles. The lowest BCUT2D eigenvalue weighted by molar-refractivity contribution is -0.276. The number of primary sulfonamides is 1. The van der Waals surface area contributed by atoms with Crippen LogP contribution in [0.2, 0.25) is 0 Å². The third-order valence-electron chi connectivity index (χ3n) is 1.39. The second kappa shape index (κ2) is 4.45. The van der Waals surface area contributed by atoms with Crippen LogP contribution in [-0.4, -0.2) is 24.9 Å². The fourth-order valence-electron chi connectivity index (χ4n) is 0.791. The summed E-state index contributed by atoms with van der Waals surface area (Å²) in [5.74, 6) is -2.19. The van der Waals surface area contributed by atoms with Crippen LogP contribution >= 0.6 is 22.6 Å². The van der Waals surface area contributed by atoms with Gasteiger partial charge in [0.2, 0.25) is 0 Å². The predicted molar refractivity (Wildman–Crippen MR) is 56.7 cm³/mol. The van der Waals surface area contributed by atoms with Crippen LogP contribution in [0, 0.1) is 3.57 Å². The Hall–Kier alpha value is -0.820. The average molecular weight is 384 g/mol. The van der Waals surface area contributed by atoms with E-state index in [1.807, 2.05) is 0 Å². The highest BCUT2D eigenvalue weighted by Gasteiger charge is 2.34. The number of ether oxygens (including phenoxy) is 1. The van der Waals surface area contributed by atoms with Crippen molar-refractivity contribution in [3.63, 3.8) is 0 Å². The van der Waals surface area contributed by atoms with Gasteiger partial charge >= 0.3 is 6.36 Å². The molecule has 0 atom stereocenters.